The first-order chi connectivity index (χ1) is 9.63. The van der Waals surface area contributed by atoms with E-state index in [1.807, 2.05) is 0 Å². The Morgan fingerprint density at radius 2 is 2.35 bits per heavy atom. The molecule has 2 heterocycles. The minimum atomic E-state index is -0.230. The lowest BCUT2D eigenvalue weighted by atomic mass is 10.2. The predicted octanol–water partition coefficient (Wildman–Crippen LogP) is 3.17. The number of halogens is 1. The number of amides is 1. The van der Waals surface area contributed by atoms with Crippen LogP contribution < -0.4 is 5.32 Å². The summed E-state index contributed by atoms with van der Waals surface area (Å²) in [5.41, 5.74) is 1.08. The molecule has 20 heavy (non-hydrogen) atoms. The van der Waals surface area contributed by atoms with Gasteiger partial charge >= 0.3 is 0 Å². The SMILES string of the molecule is CCCCn1nc(C)c(C(=O)NCc2ccco2)c1Cl. The Labute approximate surface area is 122 Å². The molecule has 0 saturated carbocycles. The van der Waals surface area contributed by atoms with Crippen LogP contribution in [0.3, 0.4) is 0 Å². The molecule has 0 unspecified atom stereocenters. The van der Waals surface area contributed by atoms with E-state index in [2.05, 4.69) is 17.3 Å². The fraction of sp³-hybridized carbons (Fsp3) is 0.429. The van der Waals surface area contributed by atoms with Crippen molar-refractivity contribution in [2.75, 3.05) is 0 Å². The van der Waals surface area contributed by atoms with Crippen LogP contribution in [0.15, 0.2) is 22.8 Å². The van der Waals surface area contributed by atoms with Gasteiger partial charge in [0.25, 0.3) is 5.91 Å². The highest BCUT2D eigenvalue weighted by molar-refractivity contribution is 6.33. The molecule has 108 valence electrons. The third-order valence-corrected chi connectivity index (χ3v) is 3.40. The summed E-state index contributed by atoms with van der Waals surface area (Å²) >= 11 is 6.24. The van der Waals surface area contributed by atoms with Crippen LogP contribution in [0.1, 0.15) is 41.6 Å². The fourth-order valence-electron chi connectivity index (χ4n) is 1.94. The molecule has 2 aromatic rings. The number of rotatable bonds is 6. The van der Waals surface area contributed by atoms with Crippen molar-refractivity contribution in [2.24, 2.45) is 0 Å². The van der Waals surface area contributed by atoms with Gasteiger partial charge in [0.15, 0.2) is 0 Å². The average Bonchev–Trinajstić information content (AvgIpc) is 3.02. The zero-order chi connectivity index (χ0) is 14.5. The largest absolute Gasteiger partial charge is 0.467 e. The van der Waals surface area contributed by atoms with E-state index in [1.54, 1.807) is 30.0 Å². The lowest BCUT2D eigenvalue weighted by molar-refractivity contribution is 0.0947. The third kappa shape index (κ3) is 3.22. The van der Waals surface area contributed by atoms with Gasteiger partial charge in [0.2, 0.25) is 0 Å². The first-order valence-electron chi connectivity index (χ1n) is 6.67. The van der Waals surface area contributed by atoms with E-state index >= 15 is 0 Å². The van der Waals surface area contributed by atoms with Crippen LogP contribution in [0.2, 0.25) is 5.15 Å². The summed E-state index contributed by atoms with van der Waals surface area (Å²) in [6.45, 7) is 4.95. The number of hydrogen-bond donors (Lipinski definition) is 1. The Morgan fingerprint density at radius 3 is 3.00 bits per heavy atom. The van der Waals surface area contributed by atoms with E-state index in [-0.39, 0.29) is 5.91 Å². The molecule has 2 aromatic heterocycles. The summed E-state index contributed by atoms with van der Waals surface area (Å²) in [5.74, 6) is 0.470. The maximum absolute atomic E-state index is 12.2. The summed E-state index contributed by atoms with van der Waals surface area (Å²) in [5, 5.41) is 7.49. The molecule has 6 heteroatoms. The lowest BCUT2D eigenvalue weighted by Crippen LogP contribution is -2.23. The quantitative estimate of drug-likeness (QED) is 0.890. The van der Waals surface area contributed by atoms with E-state index in [9.17, 15) is 4.79 Å². The fourth-order valence-corrected chi connectivity index (χ4v) is 2.28. The average molecular weight is 296 g/mol. The molecular weight excluding hydrogens is 278 g/mol. The zero-order valence-corrected chi connectivity index (χ0v) is 12.4. The minimum absolute atomic E-state index is 0.230. The van der Waals surface area contributed by atoms with E-state index < -0.39 is 0 Å². The number of aromatic nitrogens is 2. The number of unbranched alkanes of at least 4 members (excludes halogenated alkanes) is 1. The normalized spacial score (nSPS) is 10.8. The van der Waals surface area contributed by atoms with Crippen molar-refractivity contribution in [3.63, 3.8) is 0 Å². The van der Waals surface area contributed by atoms with Crippen LogP contribution in [0.5, 0.6) is 0 Å². The molecule has 1 N–H and O–H groups in total. The number of carbonyl (C=O) groups is 1. The van der Waals surface area contributed by atoms with Crippen LogP contribution >= 0.6 is 11.6 Å². The Balaban J connectivity index is 2.07. The van der Waals surface area contributed by atoms with Crippen LogP contribution in [0.25, 0.3) is 0 Å². The highest BCUT2D eigenvalue weighted by atomic mass is 35.5. The summed E-state index contributed by atoms with van der Waals surface area (Å²) in [6, 6.07) is 3.59. The molecule has 0 radical (unpaired) electrons. The first-order valence-corrected chi connectivity index (χ1v) is 7.04. The van der Waals surface area contributed by atoms with Crippen molar-refractivity contribution < 1.29 is 9.21 Å². The Kier molecular flexibility index (Phi) is 4.84. The molecule has 0 saturated heterocycles. The van der Waals surface area contributed by atoms with Crippen molar-refractivity contribution in [3.8, 4) is 0 Å². The number of aryl methyl sites for hydroxylation is 2. The summed E-state index contributed by atoms with van der Waals surface area (Å²) < 4.78 is 6.85. The molecule has 1 amide bonds. The number of nitrogens with one attached hydrogen (secondary N) is 1. The lowest BCUT2D eigenvalue weighted by Gasteiger charge is -2.04. The smallest absolute Gasteiger partial charge is 0.256 e. The van der Waals surface area contributed by atoms with Gasteiger partial charge in [0, 0.05) is 6.54 Å². The van der Waals surface area contributed by atoms with Gasteiger partial charge < -0.3 is 9.73 Å². The molecule has 0 atom stereocenters. The number of nitrogens with zero attached hydrogens (tertiary/aromatic N) is 2. The second-order valence-electron chi connectivity index (χ2n) is 4.59. The topological polar surface area (TPSA) is 60.1 Å². The Hall–Kier alpha value is -1.75. The van der Waals surface area contributed by atoms with Crippen LogP contribution in [0.4, 0.5) is 0 Å². The van der Waals surface area contributed by atoms with Crippen molar-refractivity contribution in [3.05, 3.63) is 40.6 Å². The maximum atomic E-state index is 12.2. The third-order valence-electron chi connectivity index (χ3n) is 3.02. The molecule has 0 aliphatic rings. The van der Waals surface area contributed by atoms with Gasteiger partial charge in [-0.2, -0.15) is 5.10 Å². The van der Waals surface area contributed by atoms with E-state index in [0.717, 1.165) is 19.4 Å². The molecule has 0 aliphatic heterocycles. The number of carbonyl (C=O) groups excluding carboxylic acids is 1. The van der Waals surface area contributed by atoms with Crippen LogP contribution in [0, 0.1) is 6.92 Å². The molecule has 0 spiro atoms. The number of hydrogen-bond acceptors (Lipinski definition) is 3. The highest BCUT2D eigenvalue weighted by Gasteiger charge is 2.19. The first kappa shape index (κ1) is 14.7. The predicted molar refractivity (Wildman–Crippen MR) is 76.8 cm³/mol. The van der Waals surface area contributed by atoms with Crippen molar-refractivity contribution in [2.45, 2.75) is 39.8 Å². The van der Waals surface area contributed by atoms with Gasteiger partial charge in [-0.15, -0.1) is 0 Å². The zero-order valence-electron chi connectivity index (χ0n) is 11.6. The molecule has 5 nitrogen and oxygen atoms in total. The van der Waals surface area contributed by atoms with Gasteiger partial charge in [-0.25, -0.2) is 0 Å². The van der Waals surface area contributed by atoms with Gasteiger partial charge in [-0.1, -0.05) is 24.9 Å². The molecule has 0 bridgehead atoms. The second kappa shape index (κ2) is 6.61. The van der Waals surface area contributed by atoms with E-state index in [1.165, 1.54) is 0 Å². The highest BCUT2D eigenvalue weighted by Crippen LogP contribution is 2.20. The maximum Gasteiger partial charge on any atom is 0.256 e. The summed E-state index contributed by atoms with van der Waals surface area (Å²) in [7, 11) is 0. The van der Waals surface area contributed by atoms with Gasteiger partial charge in [-0.05, 0) is 25.5 Å². The summed E-state index contributed by atoms with van der Waals surface area (Å²) in [4.78, 5) is 12.2. The van der Waals surface area contributed by atoms with Gasteiger partial charge in [0.05, 0.1) is 24.1 Å². The van der Waals surface area contributed by atoms with Crippen LogP contribution in [-0.4, -0.2) is 15.7 Å². The molecule has 0 aliphatic carbocycles. The van der Waals surface area contributed by atoms with Crippen molar-refractivity contribution in [1.82, 2.24) is 15.1 Å². The van der Waals surface area contributed by atoms with Gasteiger partial charge in [0.1, 0.15) is 10.9 Å². The second-order valence-corrected chi connectivity index (χ2v) is 4.95. The van der Waals surface area contributed by atoms with Crippen molar-refractivity contribution >= 4 is 17.5 Å². The van der Waals surface area contributed by atoms with Gasteiger partial charge in [-0.3, -0.25) is 9.48 Å². The number of furan rings is 1. The minimum Gasteiger partial charge on any atom is -0.467 e. The summed E-state index contributed by atoms with van der Waals surface area (Å²) in [6.07, 6.45) is 3.60. The molecule has 2 rings (SSSR count). The van der Waals surface area contributed by atoms with Crippen LogP contribution in [-0.2, 0) is 13.1 Å². The van der Waals surface area contributed by atoms with Crippen molar-refractivity contribution in [1.29, 1.82) is 0 Å². The monoisotopic (exact) mass is 295 g/mol. The van der Waals surface area contributed by atoms with E-state index in [0.29, 0.717) is 28.7 Å². The molecule has 0 aromatic carbocycles. The van der Waals surface area contributed by atoms with E-state index in [4.69, 9.17) is 16.0 Å². The Bertz CT molecular complexity index is 576. The Morgan fingerprint density at radius 1 is 1.55 bits per heavy atom. The molecular formula is C14H18ClN3O2. The standard InChI is InChI=1S/C14H18ClN3O2/c1-3-4-7-18-13(15)12(10(2)17-18)14(19)16-9-11-6-5-8-20-11/h5-6,8H,3-4,7,9H2,1-2H3,(H,16,19). The molecule has 0 fully saturated rings.